The van der Waals surface area contributed by atoms with Gasteiger partial charge in [0.15, 0.2) is 0 Å². The van der Waals surface area contributed by atoms with Crippen LogP contribution in [0.4, 0.5) is 4.79 Å². The molecule has 1 aliphatic heterocycles. The third kappa shape index (κ3) is 4.61. The zero-order chi connectivity index (χ0) is 11.8. The molecule has 0 aromatic rings. The Morgan fingerprint density at radius 1 is 1.38 bits per heavy atom. The molecule has 2 amide bonds. The highest BCUT2D eigenvalue weighted by atomic mass is 16.5. The summed E-state index contributed by atoms with van der Waals surface area (Å²) in [6.45, 7) is 4.06. The van der Waals surface area contributed by atoms with E-state index >= 15 is 0 Å². The van der Waals surface area contributed by atoms with Crippen LogP contribution in [0.2, 0.25) is 0 Å². The zero-order valence-corrected chi connectivity index (χ0v) is 9.75. The number of carbonyl (C=O) groups excluding carboxylic acids is 2. The van der Waals surface area contributed by atoms with Crippen LogP contribution >= 0.6 is 0 Å². The second kappa shape index (κ2) is 7.22. The fourth-order valence-electron chi connectivity index (χ4n) is 1.63. The van der Waals surface area contributed by atoms with Gasteiger partial charge in [0.05, 0.1) is 6.61 Å². The fourth-order valence-corrected chi connectivity index (χ4v) is 1.63. The van der Waals surface area contributed by atoms with Crippen molar-refractivity contribution in [1.82, 2.24) is 10.6 Å². The molecule has 1 fully saturated rings. The van der Waals surface area contributed by atoms with Gasteiger partial charge in [-0.1, -0.05) is 13.3 Å². The average Bonchev–Trinajstić information content (AvgIpc) is 2.30. The predicted molar refractivity (Wildman–Crippen MR) is 60.0 cm³/mol. The summed E-state index contributed by atoms with van der Waals surface area (Å²) >= 11 is 0. The molecule has 5 heteroatoms. The molecule has 0 atom stereocenters. The van der Waals surface area contributed by atoms with Crippen molar-refractivity contribution in [2.75, 3.05) is 19.7 Å². The summed E-state index contributed by atoms with van der Waals surface area (Å²) in [5.41, 5.74) is 0. The van der Waals surface area contributed by atoms with E-state index in [0.717, 1.165) is 38.8 Å². The van der Waals surface area contributed by atoms with E-state index in [-0.39, 0.29) is 11.8 Å². The molecular weight excluding hydrogens is 208 g/mol. The molecule has 0 aromatic heterocycles. The molecule has 0 saturated carbocycles. The summed E-state index contributed by atoms with van der Waals surface area (Å²) in [5.74, 6) is -0.261. The van der Waals surface area contributed by atoms with Crippen LogP contribution in [0.3, 0.4) is 0 Å². The number of hydrogen-bond donors (Lipinski definition) is 2. The van der Waals surface area contributed by atoms with Gasteiger partial charge in [-0.25, -0.2) is 4.79 Å². The highest BCUT2D eigenvalue weighted by Crippen LogP contribution is 2.11. The highest BCUT2D eigenvalue weighted by Gasteiger charge is 2.22. The van der Waals surface area contributed by atoms with Crippen LogP contribution in [0.15, 0.2) is 0 Å². The van der Waals surface area contributed by atoms with E-state index in [2.05, 4.69) is 10.6 Å². The summed E-state index contributed by atoms with van der Waals surface area (Å²) in [6.07, 6.45) is 2.75. The number of hydrogen-bond acceptors (Lipinski definition) is 4. The number of nitrogens with one attached hydrogen (secondary N) is 2. The van der Waals surface area contributed by atoms with Crippen molar-refractivity contribution in [3.63, 3.8) is 0 Å². The molecule has 0 unspecified atom stereocenters. The Bertz CT molecular complexity index is 237. The van der Waals surface area contributed by atoms with Crippen molar-refractivity contribution in [3.05, 3.63) is 0 Å². The SMILES string of the molecule is CCCCOC(=O)NC(=O)C1CCNCC1. The molecule has 0 radical (unpaired) electrons. The van der Waals surface area contributed by atoms with Crippen molar-refractivity contribution in [2.45, 2.75) is 32.6 Å². The third-order valence-electron chi connectivity index (χ3n) is 2.67. The standard InChI is InChI=1S/C11H20N2O3/c1-2-3-8-16-11(15)13-10(14)9-4-6-12-7-5-9/h9,12H,2-8H2,1H3,(H,13,14,15). The Balaban J connectivity index is 2.19. The number of amides is 2. The maximum Gasteiger partial charge on any atom is 0.413 e. The Kier molecular flexibility index (Phi) is 5.85. The Labute approximate surface area is 95.9 Å². The Morgan fingerprint density at radius 3 is 2.69 bits per heavy atom. The molecule has 0 aliphatic carbocycles. The first-order valence-corrected chi connectivity index (χ1v) is 5.92. The zero-order valence-electron chi connectivity index (χ0n) is 9.75. The van der Waals surface area contributed by atoms with Crippen molar-refractivity contribution >= 4 is 12.0 Å². The molecule has 0 spiro atoms. The average molecular weight is 228 g/mol. The van der Waals surface area contributed by atoms with E-state index in [1.165, 1.54) is 0 Å². The van der Waals surface area contributed by atoms with E-state index in [1.54, 1.807) is 0 Å². The molecule has 16 heavy (non-hydrogen) atoms. The second-order valence-electron chi connectivity index (χ2n) is 4.00. The maximum atomic E-state index is 11.6. The molecule has 1 rings (SSSR count). The van der Waals surface area contributed by atoms with Gasteiger partial charge < -0.3 is 10.1 Å². The van der Waals surface area contributed by atoms with Crippen LogP contribution in [-0.4, -0.2) is 31.7 Å². The van der Waals surface area contributed by atoms with Crippen LogP contribution in [0, 0.1) is 5.92 Å². The van der Waals surface area contributed by atoms with Crippen LogP contribution < -0.4 is 10.6 Å². The topological polar surface area (TPSA) is 67.4 Å². The van der Waals surface area contributed by atoms with Gasteiger partial charge in [0.1, 0.15) is 0 Å². The van der Waals surface area contributed by atoms with Crippen molar-refractivity contribution < 1.29 is 14.3 Å². The van der Waals surface area contributed by atoms with Crippen LogP contribution in [0.5, 0.6) is 0 Å². The molecule has 0 aromatic carbocycles. The molecule has 2 N–H and O–H groups in total. The number of unbranched alkanes of at least 4 members (excludes halogenated alkanes) is 1. The minimum Gasteiger partial charge on any atom is -0.449 e. The number of rotatable bonds is 4. The van der Waals surface area contributed by atoms with Gasteiger partial charge >= 0.3 is 6.09 Å². The summed E-state index contributed by atoms with van der Waals surface area (Å²) in [6, 6.07) is 0. The van der Waals surface area contributed by atoms with Gasteiger partial charge in [-0.2, -0.15) is 0 Å². The Morgan fingerprint density at radius 2 is 2.06 bits per heavy atom. The number of imide groups is 1. The fraction of sp³-hybridized carbons (Fsp3) is 0.818. The van der Waals surface area contributed by atoms with Crippen molar-refractivity contribution in [3.8, 4) is 0 Å². The molecule has 5 nitrogen and oxygen atoms in total. The lowest BCUT2D eigenvalue weighted by atomic mass is 9.97. The second-order valence-corrected chi connectivity index (χ2v) is 4.00. The van der Waals surface area contributed by atoms with Crippen LogP contribution in [0.25, 0.3) is 0 Å². The van der Waals surface area contributed by atoms with E-state index < -0.39 is 6.09 Å². The number of ether oxygens (including phenoxy) is 1. The van der Waals surface area contributed by atoms with Gasteiger partial charge in [0.25, 0.3) is 0 Å². The van der Waals surface area contributed by atoms with Gasteiger partial charge in [-0.15, -0.1) is 0 Å². The quantitative estimate of drug-likeness (QED) is 0.705. The lowest BCUT2D eigenvalue weighted by Crippen LogP contribution is -2.41. The summed E-state index contributed by atoms with van der Waals surface area (Å²) in [5, 5.41) is 5.45. The lowest BCUT2D eigenvalue weighted by Gasteiger charge is -2.21. The largest absolute Gasteiger partial charge is 0.449 e. The molecule has 1 aliphatic rings. The van der Waals surface area contributed by atoms with E-state index in [0.29, 0.717) is 6.61 Å². The maximum absolute atomic E-state index is 11.6. The molecular formula is C11H20N2O3. The third-order valence-corrected chi connectivity index (χ3v) is 2.67. The smallest absolute Gasteiger partial charge is 0.413 e. The van der Waals surface area contributed by atoms with E-state index in [4.69, 9.17) is 4.74 Å². The van der Waals surface area contributed by atoms with Gasteiger partial charge in [-0.05, 0) is 32.4 Å². The summed E-state index contributed by atoms with van der Waals surface area (Å²) in [4.78, 5) is 22.8. The number of piperidine rings is 1. The van der Waals surface area contributed by atoms with Gasteiger partial charge in [0, 0.05) is 5.92 Å². The van der Waals surface area contributed by atoms with Crippen LogP contribution in [0.1, 0.15) is 32.6 Å². The number of alkyl carbamates (subject to hydrolysis) is 1. The van der Waals surface area contributed by atoms with Crippen LogP contribution in [-0.2, 0) is 9.53 Å². The van der Waals surface area contributed by atoms with Gasteiger partial charge in [0.2, 0.25) is 5.91 Å². The summed E-state index contributed by atoms with van der Waals surface area (Å²) < 4.78 is 4.86. The lowest BCUT2D eigenvalue weighted by molar-refractivity contribution is -0.125. The van der Waals surface area contributed by atoms with Gasteiger partial charge in [-0.3, -0.25) is 10.1 Å². The van der Waals surface area contributed by atoms with E-state index in [1.807, 2.05) is 6.92 Å². The normalized spacial score (nSPS) is 16.8. The molecule has 92 valence electrons. The van der Waals surface area contributed by atoms with Crippen molar-refractivity contribution in [2.24, 2.45) is 5.92 Å². The minimum absolute atomic E-state index is 0.0556. The monoisotopic (exact) mass is 228 g/mol. The first-order chi connectivity index (χ1) is 7.74. The minimum atomic E-state index is -0.614. The first-order valence-electron chi connectivity index (χ1n) is 5.92. The first kappa shape index (κ1) is 13.0. The predicted octanol–water partition coefficient (Wildman–Crippen LogP) is 1.04. The Hall–Kier alpha value is -1.10. The van der Waals surface area contributed by atoms with E-state index in [9.17, 15) is 9.59 Å². The molecule has 1 heterocycles. The highest BCUT2D eigenvalue weighted by molar-refractivity contribution is 5.93. The molecule has 0 bridgehead atoms. The van der Waals surface area contributed by atoms with Crippen molar-refractivity contribution in [1.29, 1.82) is 0 Å². The number of carbonyl (C=O) groups is 2. The molecule has 1 saturated heterocycles. The summed E-state index contributed by atoms with van der Waals surface area (Å²) in [7, 11) is 0.